The number of hydrogen-bond acceptors (Lipinski definition) is 2. The van der Waals surface area contributed by atoms with E-state index in [4.69, 9.17) is 5.11 Å². The van der Waals surface area contributed by atoms with Crippen molar-refractivity contribution in [3.63, 3.8) is 0 Å². The molecular formula is C19H25F3N2O3. The maximum atomic E-state index is 13.1. The van der Waals surface area contributed by atoms with E-state index in [1.807, 2.05) is 51.1 Å². The number of likely N-dealkylation sites (tertiary alicyclic amines) is 1. The zero-order valence-electron chi connectivity index (χ0n) is 15.6. The fraction of sp³-hybridized carbons (Fsp3) is 0.579. The highest BCUT2D eigenvalue weighted by atomic mass is 19.4. The number of amides is 2. The summed E-state index contributed by atoms with van der Waals surface area (Å²) in [6.45, 7) is 4.91. The largest absolute Gasteiger partial charge is 0.481 e. The molecule has 0 spiro atoms. The third-order valence-electron chi connectivity index (χ3n) is 4.66. The van der Waals surface area contributed by atoms with E-state index in [0.29, 0.717) is 6.42 Å². The molecule has 1 unspecified atom stereocenters. The van der Waals surface area contributed by atoms with Crippen LogP contribution in [0.3, 0.4) is 0 Å². The highest BCUT2D eigenvalue weighted by Gasteiger charge is 2.53. The normalized spacial score (nSPS) is 21.8. The zero-order chi connectivity index (χ0) is 20.4. The van der Waals surface area contributed by atoms with Gasteiger partial charge in [0.2, 0.25) is 0 Å². The van der Waals surface area contributed by atoms with Gasteiger partial charge in [-0.25, -0.2) is 4.79 Å². The molecule has 27 heavy (non-hydrogen) atoms. The third kappa shape index (κ3) is 5.61. The minimum absolute atomic E-state index is 0.128. The number of benzene rings is 1. The molecule has 0 aliphatic carbocycles. The molecule has 0 bridgehead atoms. The van der Waals surface area contributed by atoms with Crippen molar-refractivity contribution in [2.75, 3.05) is 13.1 Å². The van der Waals surface area contributed by atoms with Crippen LogP contribution < -0.4 is 5.32 Å². The molecule has 150 valence electrons. The van der Waals surface area contributed by atoms with E-state index < -0.39 is 43.1 Å². The summed E-state index contributed by atoms with van der Waals surface area (Å²) >= 11 is 0. The summed E-state index contributed by atoms with van der Waals surface area (Å²) in [4.78, 5) is 24.8. The minimum Gasteiger partial charge on any atom is -0.481 e. The number of carboxylic acids is 1. The summed E-state index contributed by atoms with van der Waals surface area (Å²) < 4.78 is 39.4. The minimum atomic E-state index is -4.66. The van der Waals surface area contributed by atoms with E-state index in [0.717, 1.165) is 10.5 Å². The third-order valence-corrected chi connectivity index (χ3v) is 4.66. The summed E-state index contributed by atoms with van der Waals surface area (Å²) in [7, 11) is 0. The lowest BCUT2D eigenvalue weighted by Gasteiger charge is -2.29. The van der Waals surface area contributed by atoms with Crippen molar-refractivity contribution in [1.82, 2.24) is 10.2 Å². The first-order chi connectivity index (χ1) is 12.4. The first-order valence-electron chi connectivity index (χ1n) is 8.78. The standard InChI is InChI=1S/C19H25F3N2O3/c1-18(2,3)9-15(12-7-5-4-6-8-12)23-17(27)24-10-13(16(25)26)14(11-24)19(20,21)22/h4-8,13-15H,9-11H2,1-3H3,(H,23,27)(H,25,26)/t13-,14-,15?/m1/s1. The van der Waals surface area contributed by atoms with Crippen LogP contribution in [-0.2, 0) is 4.79 Å². The Kier molecular flexibility index (Phi) is 6.07. The van der Waals surface area contributed by atoms with Crippen LogP contribution in [-0.4, -0.2) is 41.3 Å². The van der Waals surface area contributed by atoms with Crippen molar-refractivity contribution in [1.29, 1.82) is 0 Å². The molecule has 8 heteroatoms. The second-order valence-electron chi connectivity index (χ2n) is 8.18. The molecule has 1 aromatic carbocycles. The van der Waals surface area contributed by atoms with Gasteiger partial charge in [0.25, 0.3) is 0 Å². The Morgan fingerprint density at radius 2 is 1.78 bits per heavy atom. The van der Waals surface area contributed by atoms with Crippen LogP contribution in [0.1, 0.15) is 38.8 Å². The van der Waals surface area contributed by atoms with E-state index in [1.54, 1.807) is 0 Å². The summed E-state index contributed by atoms with van der Waals surface area (Å²) in [5, 5.41) is 11.9. The molecule has 3 atom stereocenters. The monoisotopic (exact) mass is 386 g/mol. The number of nitrogens with one attached hydrogen (secondary N) is 1. The average Bonchev–Trinajstić information content (AvgIpc) is 3.00. The number of halogens is 3. The molecular weight excluding hydrogens is 361 g/mol. The summed E-state index contributed by atoms with van der Waals surface area (Å²) in [5.74, 6) is -5.24. The molecule has 2 amide bonds. The van der Waals surface area contributed by atoms with Crippen LogP contribution in [0, 0.1) is 17.3 Å². The van der Waals surface area contributed by atoms with Gasteiger partial charge in [0.1, 0.15) is 0 Å². The molecule has 0 radical (unpaired) electrons. The van der Waals surface area contributed by atoms with Crippen LogP contribution in [0.4, 0.5) is 18.0 Å². The fourth-order valence-corrected chi connectivity index (χ4v) is 3.34. The van der Waals surface area contributed by atoms with Crippen molar-refractivity contribution in [3.05, 3.63) is 35.9 Å². The quantitative estimate of drug-likeness (QED) is 0.820. The first-order valence-corrected chi connectivity index (χ1v) is 8.78. The van der Waals surface area contributed by atoms with Crippen LogP contribution in [0.15, 0.2) is 30.3 Å². The topological polar surface area (TPSA) is 69.6 Å². The van der Waals surface area contributed by atoms with Crippen molar-refractivity contribution in [2.24, 2.45) is 17.3 Å². The van der Waals surface area contributed by atoms with Gasteiger partial charge in [-0.2, -0.15) is 13.2 Å². The Morgan fingerprint density at radius 3 is 2.22 bits per heavy atom. The van der Waals surface area contributed by atoms with Crippen molar-refractivity contribution in [2.45, 2.75) is 39.4 Å². The lowest BCUT2D eigenvalue weighted by atomic mass is 9.85. The second-order valence-corrected chi connectivity index (χ2v) is 8.18. The maximum Gasteiger partial charge on any atom is 0.394 e. The maximum absolute atomic E-state index is 13.1. The highest BCUT2D eigenvalue weighted by Crippen LogP contribution is 2.38. The molecule has 2 rings (SSSR count). The molecule has 0 aromatic heterocycles. The predicted octanol–water partition coefficient (Wildman–Crippen LogP) is 4.07. The van der Waals surface area contributed by atoms with E-state index >= 15 is 0 Å². The van der Waals surface area contributed by atoms with Gasteiger partial charge in [-0.05, 0) is 17.4 Å². The zero-order valence-corrected chi connectivity index (χ0v) is 15.6. The Labute approximate surface area is 156 Å². The lowest BCUT2D eigenvalue weighted by Crippen LogP contribution is -2.42. The summed E-state index contributed by atoms with van der Waals surface area (Å²) in [6.07, 6.45) is -4.08. The Morgan fingerprint density at radius 1 is 1.19 bits per heavy atom. The van der Waals surface area contributed by atoms with E-state index in [9.17, 15) is 22.8 Å². The summed E-state index contributed by atoms with van der Waals surface area (Å²) in [5.41, 5.74) is 0.721. The van der Waals surface area contributed by atoms with Gasteiger partial charge in [-0.3, -0.25) is 4.79 Å². The summed E-state index contributed by atoms with van der Waals surface area (Å²) in [6, 6.07) is 8.13. The highest BCUT2D eigenvalue weighted by molar-refractivity contribution is 5.78. The number of aliphatic carboxylic acids is 1. The van der Waals surface area contributed by atoms with E-state index in [2.05, 4.69) is 5.32 Å². The molecule has 1 aliphatic heterocycles. The predicted molar refractivity (Wildman–Crippen MR) is 94.0 cm³/mol. The average molecular weight is 386 g/mol. The number of alkyl halides is 3. The van der Waals surface area contributed by atoms with Crippen LogP contribution in [0.5, 0.6) is 0 Å². The van der Waals surface area contributed by atoms with Gasteiger partial charge in [0.05, 0.1) is 17.9 Å². The SMILES string of the molecule is CC(C)(C)CC(NC(=O)N1C[C@@H](C(F)(F)F)[C@H](C(=O)O)C1)c1ccccc1. The second kappa shape index (κ2) is 7.78. The van der Waals surface area contributed by atoms with Gasteiger partial charge < -0.3 is 15.3 Å². The number of hydrogen-bond donors (Lipinski definition) is 2. The Bertz CT molecular complexity index is 671. The number of carboxylic acid groups (broad SMARTS) is 1. The molecule has 1 aromatic rings. The van der Waals surface area contributed by atoms with Crippen LogP contribution in [0.25, 0.3) is 0 Å². The van der Waals surface area contributed by atoms with Gasteiger partial charge in [-0.1, -0.05) is 51.1 Å². The molecule has 0 saturated carbocycles. The fourth-order valence-electron chi connectivity index (χ4n) is 3.34. The number of carbonyl (C=O) groups is 2. The van der Waals surface area contributed by atoms with Gasteiger partial charge in [0.15, 0.2) is 0 Å². The number of nitrogens with zero attached hydrogens (tertiary/aromatic N) is 1. The van der Waals surface area contributed by atoms with Gasteiger partial charge >= 0.3 is 18.2 Å². The van der Waals surface area contributed by atoms with E-state index in [1.165, 1.54) is 0 Å². The molecule has 2 N–H and O–H groups in total. The number of carbonyl (C=O) groups excluding carboxylic acids is 1. The van der Waals surface area contributed by atoms with Crippen LogP contribution >= 0.6 is 0 Å². The van der Waals surface area contributed by atoms with Gasteiger partial charge in [0, 0.05) is 13.1 Å². The van der Waals surface area contributed by atoms with Crippen molar-refractivity contribution in [3.8, 4) is 0 Å². The Balaban J connectivity index is 2.16. The first kappa shape index (κ1) is 21.1. The van der Waals surface area contributed by atoms with Crippen LogP contribution in [0.2, 0.25) is 0 Å². The van der Waals surface area contributed by atoms with Gasteiger partial charge in [-0.15, -0.1) is 0 Å². The molecule has 1 heterocycles. The molecule has 5 nitrogen and oxygen atoms in total. The molecule has 1 fully saturated rings. The lowest BCUT2D eigenvalue weighted by molar-refractivity contribution is -0.187. The smallest absolute Gasteiger partial charge is 0.394 e. The number of urea groups is 1. The molecule has 1 saturated heterocycles. The van der Waals surface area contributed by atoms with E-state index in [-0.39, 0.29) is 11.5 Å². The molecule has 1 aliphatic rings. The van der Waals surface area contributed by atoms with Crippen molar-refractivity contribution >= 4 is 12.0 Å². The number of rotatable bonds is 4. The van der Waals surface area contributed by atoms with Crippen molar-refractivity contribution < 1.29 is 27.9 Å². The Hall–Kier alpha value is -2.25.